The maximum absolute atomic E-state index is 13.1. The van der Waals surface area contributed by atoms with Crippen LogP contribution in [0.4, 0.5) is 13.2 Å². The lowest BCUT2D eigenvalue weighted by atomic mass is 10.00. The number of nitrogens with two attached hydrogens (primary N) is 1. The number of ether oxygens (including phenoxy) is 1. The monoisotopic (exact) mass is 567 g/mol. The van der Waals surface area contributed by atoms with E-state index in [1.165, 1.54) is 7.11 Å². The van der Waals surface area contributed by atoms with Crippen molar-refractivity contribution in [3.63, 3.8) is 0 Å². The third-order valence-corrected chi connectivity index (χ3v) is 5.59. The molecule has 0 spiro atoms. The normalized spacial score (nSPS) is 13.2. The number of carbonyl (C=O) groups excluding carboxylic acids is 3. The number of carbonyl (C=O) groups is 4. The molecule has 0 fully saturated rings. The summed E-state index contributed by atoms with van der Waals surface area (Å²) in [6, 6.07) is 16.7. The Balaban J connectivity index is 0.00000101. The summed E-state index contributed by atoms with van der Waals surface area (Å²) in [7, 11) is 1.28. The Kier molecular flexibility index (Phi) is 14.4. The van der Waals surface area contributed by atoms with E-state index in [0.717, 1.165) is 11.1 Å². The van der Waals surface area contributed by atoms with Gasteiger partial charge in [-0.1, -0.05) is 74.5 Å². The Morgan fingerprint density at radius 3 is 1.80 bits per heavy atom. The minimum atomic E-state index is -5.08. The Labute approximate surface area is 231 Å². The second kappa shape index (κ2) is 16.9. The van der Waals surface area contributed by atoms with Gasteiger partial charge < -0.3 is 26.2 Å². The van der Waals surface area contributed by atoms with Crippen molar-refractivity contribution in [1.82, 2.24) is 10.6 Å². The zero-order valence-electron chi connectivity index (χ0n) is 22.6. The summed E-state index contributed by atoms with van der Waals surface area (Å²) in [5, 5.41) is 12.7. The molecule has 220 valence electrons. The number of alkyl halides is 3. The summed E-state index contributed by atoms with van der Waals surface area (Å²) in [4.78, 5) is 47.0. The highest BCUT2D eigenvalue weighted by atomic mass is 19.4. The fourth-order valence-corrected chi connectivity index (χ4v) is 3.54. The molecule has 0 bridgehead atoms. The minimum absolute atomic E-state index is 0.146. The molecular weight excluding hydrogens is 531 g/mol. The second-order valence-electron chi connectivity index (χ2n) is 9.40. The van der Waals surface area contributed by atoms with E-state index in [2.05, 4.69) is 10.6 Å². The van der Waals surface area contributed by atoms with Crippen molar-refractivity contribution in [3.05, 3.63) is 71.8 Å². The fraction of sp³-hybridized carbons (Fsp3) is 0.429. The van der Waals surface area contributed by atoms with Gasteiger partial charge in [-0.25, -0.2) is 9.59 Å². The first kappa shape index (κ1) is 34.1. The number of carboxylic acid groups (broad SMARTS) is 1. The van der Waals surface area contributed by atoms with Gasteiger partial charge in [0.25, 0.3) is 0 Å². The summed E-state index contributed by atoms with van der Waals surface area (Å²) in [5.41, 5.74) is 8.09. The van der Waals surface area contributed by atoms with Gasteiger partial charge >= 0.3 is 18.1 Å². The maximum atomic E-state index is 13.1. The number of aryl methyl sites for hydroxylation is 1. The van der Waals surface area contributed by atoms with Crippen LogP contribution in [0.3, 0.4) is 0 Å². The van der Waals surface area contributed by atoms with Gasteiger partial charge in [0.2, 0.25) is 11.8 Å². The molecule has 0 aliphatic carbocycles. The van der Waals surface area contributed by atoms with Gasteiger partial charge in [0.15, 0.2) is 0 Å². The lowest BCUT2D eigenvalue weighted by molar-refractivity contribution is -0.192. The van der Waals surface area contributed by atoms with E-state index in [4.69, 9.17) is 20.4 Å². The van der Waals surface area contributed by atoms with Crippen LogP contribution >= 0.6 is 0 Å². The van der Waals surface area contributed by atoms with Crippen molar-refractivity contribution in [2.24, 2.45) is 11.7 Å². The number of halogens is 3. The molecule has 2 aromatic carbocycles. The van der Waals surface area contributed by atoms with Crippen molar-refractivity contribution in [1.29, 1.82) is 0 Å². The van der Waals surface area contributed by atoms with Gasteiger partial charge in [-0.3, -0.25) is 9.59 Å². The highest BCUT2D eigenvalue weighted by molar-refractivity contribution is 5.92. The van der Waals surface area contributed by atoms with Gasteiger partial charge in [0.05, 0.1) is 13.2 Å². The summed E-state index contributed by atoms with van der Waals surface area (Å²) in [5.74, 6) is -3.97. The zero-order chi connectivity index (χ0) is 30.3. The van der Waals surface area contributed by atoms with Crippen LogP contribution in [-0.4, -0.2) is 60.3 Å². The SMILES string of the molecule is COC(=O)[C@@H](Cc1ccccc1)NC(=O)[C@@H](CC(C)C)NC(=O)[C@H](N)CCc1ccccc1.O=C(O)C(F)(F)F. The van der Waals surface area contributed by atoms with Crippen molar-refractivity contribution in [3.8, 4) is 0 Å². The van der Waals surface area contributed by atoms with Crippen LogP contribution in [0.25, 0.3) is 0 Å². The first-order valence-corrected chi connectivity index (χ1v) is 12.6. The molecule has 0 saturated heterocycles. The molecule has 0 saturated carbocycles. The number of aliphatic carboxylic acids is 1. The molecular formula is C28H36F3N3O6. The lowest BCUT2D eigenvalue weighted by Crippen LogP contribution is -2.55. The molecule has 9 nitrogen and oxygen atoms in total. The van der Waals surface area contributed by atoms with Gasteiger partial charge in [-0.05, 0) is 36.3 Å². The van der Waals surface area contributed by atoms with Gasteiger partial charge in [-0.15, -0.1) is 0 Å². The van der Waals surface area contributed by atoms with E-state index in [1.807, 2.05) is 74.5 Å². The number of esters is 1. The second-order valence-corrected chi connectivity index (χ2v) is 9.40. The van der Waals surface area contributed by atoms with E-state index < -0.39 is 42.1 Å². The van der Waals surface area contributed by atoms with Crippen LogP contribution in [0.1, 0.15) is 37.8 Å². The van der Waals surface area contributed by atoms with E-state index in [9.17, 15) is 27.6 Å². The molecule has 0 radical (unpaired) electrons. The number of methoxy groups -OCH3 is 1. The van der Waals surface area contributed by atoms with E-state index in [1.54, 1.807) is 0 Å². The number of hydrogen-bond acceptors (Lipinski definition) is 6. The van der Waals surface area contributed by atoms with Crippen LogP contribution in [0.2, 0.25) is 0 Å². The van der Waals surface area contributed by atoms with Gasteiger partial charge in [-0.2, -0.15) is 13.2 Å². The first-order chi connectivity index (χ1) is 18.7. The van der Waals surface area contributed by atoms with Crippen LogP contribution in [0, 0.1) is 5.92 Å². The highest BCUT2D eigenvalue weighted by Crippen LogP contribution is 2.13. The van der Waals surface area contributed by atoms with Crippen LogP contribution < -0.4 is 16.4 Å². The molecule has 2 aromatic rings. The van der Waals surface area contributed by atoms with Crippen molar-refractivity contribution < 1.29 is 42.2 Å². The van der Waals surface area contributed by atoms with Crippen molar-refractivity contribution >= 4 is 23.8 Å². The Hall–Kier alpha value is -3.93. The predicted molar refractivity (Wildman–Crippen MR) is 142 cm³/mol. The quantitative estimate of drug-likeness (QED) is 0.288. The van der Waals surface area contributed by atoms with Gasteiger partial charge in [0, 0.05) is 6.42 Å². The largest absolute Gasteiger partial charge is 0.490 e. The molecule has 0 heterocycles. The summed E-state index contributed by atoms with van der Waals surface area (Å²) >= 11 is 0. The molecule has 40 heavy (non-hydrogen) atoms. The number of rotatable bonds is 12. The van der Waals surface area contributed by atoms with Crippen LogP contribution in [0.15, 0.2) is 60.7 Å². The van der Waals surface area contributed by atoms with Crippen LogP contribution in [-0.2, 0) is 36.8 Å². The molecule has 3 atom stereocenters. The van der Waals surface area contributed by atoms with Crippen molar-refractivity contribution in [2.45, 2.75) is 63.8 Å². The molecule has 2 rings (SSSR count). The van der Waals surface area contributed by atoms with Crippen molar-refractivity contribution in [2.75, 3.05) is 7.11 Å². The average Bonchev–Trinajstić information content (AvgIpc) is 2.91. The van der Waals surface area contributed by atoms with Gasteiger partial charge in [0.1, 0.15) is 12.1 Å². The lowest BCUT2D eigenvalue weighted by Gasteiger charge is -2.24. The summed E-state index contributed by atoms with van der Waals surface area (Å²) in [6.07, 6.45) is -3.25. The highest BCUT2D eigenvalue weighted by Gasteiger charge is 2.38. The number of amides is 2. The average molecular weight is 568 g/mol. The number of nitrogens with one attached hydrogen (secondary N) is 2. The first-order valence-electron chi connectivity index (χ1n) is 12.6. The van der Waals surface area contributed by atoms with E-state index >= 15 is 0 Å². The Bertz CT molecular complexity index is 1080. The number of carboxylic acids is 1. The fourth-order valence-electron chi connectivity index (χ4n) is 3.54. The molecule has 5 N–H and O–H groups in total. The number of benzene rings is 2. The molecule has 2 amide bonds. The standard InChI is InChI=1S/C26H35N3O4.C2HF3O2/c1-18(2)16-22(28-24(30)21(27)15-14-19-10-6-4-7-11-19)25(31)29-23(26(32)33-3)17-20-12-8-5-9-13-20;3-2(4,5)1(6)7/h4-13,18,21-23H,14-17,27H2,1-3H3,(H,28,30)(H,29,31);(H,6,7)/t21-,22-,23-;/m1./s1. The topological polar surface area (TPSA) is 148 Å². The smallest absolute Gasteiger partial charge is 0.475 e. The molecule has 0 aliphatic rings. The van der Waals surface area contributed by atoms with E-state index in [0.29, 0.717) is 19.3 Å². The molecule has 12 heteroatoms. The Morgan fingerprint density at radius 1 is 0.875 bits per heavy atom. The molecule has 0 aromatic heterocycles. The Morgan fingerprint density at radius 2 is 1.35 bits per heavy atom. The third kappa shape index (κ3) is 13.2. The minimum Gasteiger partial charge on any atom is -0.475 e. The third-order valence-electron chi connectivity index (χ3n) is 5.59. The predicted octanol–water partition coefficient (Wildman–Crippen LogP) is 3.01. The summed E-state index contributed by atoms with van der Waals surface area (Å²) < 4.78 is 36.6. The molecule has 0 aliphatic heterocycles. The van der Waals surface area contributed by atoms with Crippen LogP contribution in [0.5, 0.6) is 0 Å². The van der Waals surface area contributed by atoms with E-state index in [-0.39, 0.29) is 18.2 Å². The maximum Gasteiger partial charge on any atom is 0.490 e. The number of hydrogen-bond donors (Lipinski definition) is 4. The molecule has 0 unspecified atom stereocenters. The zero-order valence-corrected chi connectivity index (χ0v) is 22.6. The summed E-state index contributed by atoms with van der Waals surface area (Å²) in [6.45, 7) is 3.92.